The molecule has 0 bridgehead atoms. The minimum atomic E-state index is 0.681. The van der Waals surface area contributed by atoms with Gasteiger partial charge in [0.05, 0.1) is 0 Å². The largest absolute Gasteiger partial charge is 0.314 e. The molecule has 2 nitrogen and oxygen atoms in total. The molecule has 0 aromatic rings. The molecule has 0 radical (unpaired) electrons. The standard InChI is InChI=1S/C14H30N2/c1-6-11(2)10-16(5)13(4)12(3)9-15-14-7-8-14/h11-15H,6-10H2,1-5H3. The van der Waals surface area contributed by atoms with Gasteiger partial charge >= 0.3 is 0 Å². The molecule has 3 atom stereocenters. The maximum Gasteiger partial charge on any atom is 0.0102 e. The molecule has 3 unspecified atom stereocenters. The van der Waals surface area contributed by atoms with Gasteiger partial charge in [-0.25, -0.2) is 0 Å². The molecule has 1 N–H and O–H groups in total. The lowest BCUT2D eigenvalue weighted by molar-refractivity contribution is 0.172. The maximum absolute atomic E-state index is 3.63. The predicted octanol–water partition coefficient (Wildman–Crippen LogP) is 2.74. The second-order valence-electron chi connectivity index (χ2n) is 5.85. The van der Waals surface area contributed by atoms with Crippen molar-refractivity contribution in [3.63, 3.8) is 0 Å². The summed E-state index contributed by atoms with van der Waals surface area (Å²) >= 11 is 0. The molecule has 1 saturated carbocycles. The van der Waals surface area contributed by atoms with Gasteiger partial charge in [0.15, 0.2) is 0 Å². The van der Waals surface area contributed by atoms with Crippen LogP contribution in [-0.4, -0.2) is 37.1 Å². The molecule has 0 aromatic heterocycles. The van der Waals surface area contributed by atoms with Crippen LogP contribution in [0.25, 0.3) is 0 Å². The summed E-state index contributed by atoms with van der Waals surface area (Å²) in [5.74, 6) is 1.56. The molecular formula is C14H30N2. The Labute approximate surface area is 102 Å². The fourth-order valence-electron chi connectivity index (χ4n) is 2.03. The van der Waals surface area contributed by atoms with Gasteiger partial charge in [-0.3, -0.25) is 0 Å². The second kappa shape index (κ2) is 6.61. The van der Waals surface area contributed by atoms with Crippen molar-refractivity contribution in [2.45, 2.75) is 59.0 Å². The van der Waals surface area contributed by atoms with Gasteiger partial charge in [0.2, 0.25) is 0 Å². The third kappa shape index (κ3) is 4.84. The number of hydrogen-bond donors (Lipinski definition) is 1. The molecule has 0 heterocycles. The van der Waals surface area contributed by atoms with Gasteiger partial charge in [-0.1, -0.05) is 27.2 Å². The highest BCUT2D eigenvalue weighted by atomic mass is 15.1. The Morgan fingerprint density at radius 2 is 1.88 bits per heavy atom. The van der Waals surface area contributed by atoms with Crippen LogP contribution in [0.5, 0.6) is 0 Å². The Bertz CT molecular complexity index is 189. The minimum absolute atomic E-state index is 0.681. The van der Waals surface area contributed by atoms with Crippen LogP contribution in [0, 0.1) is 11.8 Å². The summed E-state index contributed by atoms with van der Waals surface area (Å²) in [5.41, 5.74) is 0. The van der Waals surface area contributed by atoms with E-state index >= 15 is 0 Å². The van der Waals surface area contributed by atoms with Crippen molar-refractivity contribution in [2.75, 3.05) is 20.1 Å². The van der Waals surface area contributed by atoms with Crippen LogP contribution in [0.4, 0.5) is 0 Å². The number of rotatable bonds is 8. The molecule has 0 amide bonds. The van der Waals surface area contributed by atoms with Crippen molar-refractivity contribution >= 4 is 0 Å². The fourth-order valence-corrected chi connectivity index (χ4v) is 2.03. The van der Waals surface area contributed by atoms with Crippen molar-refractivity contribution in [1.82, 2.24) is 10.2 Å². The van der Waals surface area contributed by atoms with E-state index < -0.39 is 0 Å². The lowest BCUT2D eigenvalue weighted by atomic mass is 10.0. The Balaban J connectivity index is 2.21. The third-order valence-electron chi connectivity index (χ3n) is 4.12. The summed E-state index contributed by atoms with van der Waals surface area (Å²) in [4.78, 5) is 2.52. The average molecular weight is 226 g/mol. The van der Waals surface area contributed by atoms with E-state index in [2.05, 4.69) is 45.0 Å². The molecule has 0 aliphatic heterocycles. The highest BCUT2D eigenvalue weighted by Gasteiger charge is 2.23. The Kier molecular flexibility index (Phi) is 5.77. The number of hydrogen-bond acceptors (Lipinski definition) is 2. The van der Waals surface area contributed by atoms with Gasteiger partial charge in [0, 0.05) is 18.6 Å². The van der Waals surface area contributed by atoms with Crippen LogP contribution in [0.1, 0.15) is 47.0 Å². The lowest BCUT2D eigenvalue weighted by Gasteiger charge is -2.31. The van der Waals surface area contributed by atoms with Gasteiger partial charge < -0.3 is 10.2 Å². The zero-order valence-electron chi connectivity index (χ0n) is 11.8. The monoisotopic (exact) mass is 226 g/mol. The van der Waals surface area contributed by atoms with Crippen molar-refractivity contribution in [3.05, 3.63) is 0 Å². The van der Waals surface area contributed by atoms with E-state index in [0.717, 1.165) is 17.9 Å². The quantitative estimate of drug-likeness (QED) is 0.684. The molecule has 1 fully saturated rings. The zero-order chi connectivity index (χ0) is 12.1. The summed E-state index contributed by atoms with van der Waals surface area (Å²) in [6.07, 6.45) is 4.07. The van der Waals surface area contributed by atoms with Crippen LogP contribution in [0.15, 0.2) is 0 Å². The Morgan fingerprint density at radius 3 is 2.38 bits per heavy atom. The van der Waals surface area contributed by atoms with Crippen molar-refractivity contribution in [3.8, 4) is 0 Å². The number of nitrogens with one attached hydrogen (secondary N) is 1. The smallest absolute Gasteiger partial charge is 0.0102 e. The Morgan fingerprint density at radius 1 is 1.25 bits per heavy atom. The lowest BCUT2D eigenvalue weighted by Crippen LogP contribution is -2.41. The van der Waals surface area contributed by atoms with Crippen LogP contribution < -0.4 is 5.32 Å². The summed E-state index contributed by atoms with van der Waals surface area (Å²) in [6, 6.07) is 1.52. The highest BCUT2D eigenvalue weighted by Crippen LogP contribution is 2.20. The van der Waals surface area contributed by atoms with Crippen LogP contribution >= 0.6 is 0 Å². The highest BCUT2D eigenvalue weighted by molar-refractivity contribution is 4.83. The van der Waals surface area contributed by atoms with E-state index in [1.165, 1.54) is 32.4 Å². The molecular weight excluding hydrogens is 196 g/mol. The van der Waals surface area contributed by atoms with E-state index in [1.54, 1.807) is 0 Å². The van der Waals surface area contributed by atoms with Crippen LogP contribution in [0.2, 0.25) is 0 Å². The third-order valence-corrected chi connectivity index (χ3v) is 4.12. The zero-order valence-corrected chi connectivity index (χ0v) is 11.8. The molecule has 16 heavy (non-hydrogen) atoms. The molecule has 1 aliphatic rings. The summed E-state index contributed by atoms with van der Waals surface area (Å²) in [7, 11) is 2.27. The predicted molar refractivity (Wildman–Crippen MR) is 71.7 cm³/mol. The molecule has 1 aliphatic carbocycles. The summed E-state index contributed by atoms with van der Waals surface area (Å²) in [5, 5.41) is 3.63. The second-order valence-corrected chi connectivity index (χ2v) is 5.85. The van der Waals surface area contributed by atoms with Crippen LogP contribution in [-0.2, 0) is 0 Å². The van der Waals surface area contributed by atoms with Gasteiger partial charge in [-0.15, -0.1) is 0 Å². The van der Waals surface area contributed by atoms with E-state index in [4.69, 9.17) is 0 Å². The fraction of sp³-hybridized carbons (Fsp3) is 1.00. The summed E-state index contributed by atoms with van der Waals surface area (Å²) < 4.78 is 0. The Hall–Kier alpha value is -0.0800. The normalized spacial score (nSPS) is 22.1. The maximum atomic E-state index is 3.63. The van der Waals surface area contributed by atoms with Gasteiger partial charge in [-0.05, 0) is 45.2 Å². The summed E-state index contributed by atoms with van der Waals surface area (Å²) in [6.45, 7) is 11.8. The van der Waals surface area contributed by atoms with Crippen molar-refractivity contribution in [1.29, 1.82) is 0 Å². The van der Waals surface area contributed by atoms with E-state index in [9.17, 15) is 0 Å². The molecule has 96 valence electrons. The van der Waals surface area contributed by atoms with E-state index in [1.807, 2.05) is 0 Å². The topological polar surface area (TPSA) is 15.3 Å². The molecule has 0 saturated heterocycles. The molecule has 0 spiro atoms. The molecule has 1 rings (SSSR count). The first-order valence-corrected chi connectivity index (χ1v) is 6.98. The molecule has 0 aromatic carbocycles. The van der Waals surface area contributed by atoms with Crippen molar-refractivity contribution < 1.29 is 0 Å². The number of nitrogens with zero attached hydrogens (tertiary/aromatic N) is 1. The van der Waals surface area contributed by atoms with E-state index in [0.29, 0.717) is 6.04 Å². The van der Waals surface area contributed by atoms with Gasteiger partial charge in [0.25, 0.3) is 0 Å². The minimum Gasteiger partial charge on any atom is -0.314 e. The van der Waals surface area contributed by atoms with E-state index in [-0.39, 0.29) is 0 Å². The average Bonchev–Trinajstić information content (AvgIpc) is 3.08. The first-order chi connectivity index (χ1) is 7.54. The molecule has 2 heteroatoms. The first kappa shape index (κ1) is 14.0. The first-order valence-electron chi connectivity index (χ1n) is 6.98. The van der Waals surface area contributed by atoms with Crippen molar-refractivity contribution in [2.24, 2.45) is 11.8 Å². The van der Waals surface area contributed by atoms with Gasteiger partial charge in [0.1, 0.15) is 0 Å². The van der Waals surface area contributed by atoms with Crippen LogP contribution in [0.3, 0.4) is 0 Å². The van der Waals surface area contributed by atoms with Gasteiger partial charge in [-0.2, -0.15) is 0 Å². The SMILES string of the molecule is CCC(C)CN(C)C(C)C(C)CNC1CC1.